The van der Waals surface area contributed by atoms with Crippen LogP contribution in [0.2, 0.25) is 5.02 Å². The third-order valence-corrected chi connectivity index (χ3v) is 4.18. The van der Waals surface area contributed by atoms with Crippen molar-refractivity contribution in [1.82, 2.24) is 10.1 Å². The zero-order valence-corrected chi connectivity index (χ0v) is 10.8. The molecule has 1 N–H and O–H groups in total. The van der Waals surface area contributed by atoms with Crippen molar-refractivity contribution >= 4 is 27.4 Å². The predicted octanol–water partition coefficient (Wildman–Crippen LogP) is 1.40. The van der Waals surface area contributed by atoms with Gasteiger partial charge in [0.05, 0.1) is 15.5 Å². The number of halogens is 1. The van der Waals surface area contributed by atoms with Crippen LogP contribution in [0.3, 0.4) is 0 Å². The van der Waals surface area contributed by atoms with Gasteiger partial charge in [0.15, 0.2) is 15.7 Å². The second-order valence-electron chi connectivity index (χ2n) is 3.55. The lowest BCUT2D eigenvalue weighted by atomic mass is 10.2. The first-order chi connectivity index (χ1) is 8.90. The Morgan fingerprint density at radius 1 is 1.42 bits per heavy atom. The summed E-state index contributed by atoms with van der Waals surface area (Å²) in [5.41, 5.74) is -0.167. The van der Waals surface area contributed by atoms with Crippen molar-refractivity contribution in [1.29, 1.82) is 0 Å². The number of carboxylic acid groups (broad SMARTS) is 1. The van der Waals surface area contributed by atoms with Gasteiger partial charge < -0.3 is 9.63 Å². The van der Waals surface area contributed by atoms with Crippen molar-refractivity contribution in [3.8, 4) is 0 Å². The molecule has 1 aromatic heterocycles. The molecule has 0 aliphatic rings. The maximum Gasteiger partial charge on any atom is 0.337 e. The van der Waals surface area contributed by atoms with E-state index in [-0.39, 0.29) is 21.3 Å². The van der Waals surface area contributed by atoms with E-state index in [1.807, 2.05) is 0 Å². The Morgan fingerprint density at radius 2 is 2.16 bits per heavy atom. The first kappa shape index (κ1) is 13.5. The van der Waals surface area contributed by atoms with Gasteiger partial charge in [0.1, 0.15) is 5.75 Å². The maximum atomic E-state index is 12.0. The van der Waals surface area contributed by atoms with Gasteiger partial charge in [-0.05, 0) is 18.2 Å². The third kappa shape index (κ3) is 2.91. The van der Waals surface area contributed by atoms with Crippen molar-refractivity contribution < 1.29 is 22.8 Å². The summed E-state index contributed by atoms with van der Waals surface area (Å²) < 4.78 is 28.5. The van der Waals surface area contributed by atoms with Gasteiger partial charge in [0, 0.05) is 0 Å². The molecule has 0 atom stereocenters. The van der Waals surface area contributed by atoms with Crippen LogP contribution in [0.1, 0.15) is 16.2 Å². The highest BCUT2D eigenvalue weighted by molar-refractivity contribution is 7.90. The number of hydrogen-bond acceptors (Lipinski definition) is 6. The summed E-state index contributed by atoms with van der Waals surface area (Å²) in [7, 11) is -3.71. The maximum absolute atomic E-state index is 12.0. The Kier molecular flexibility index (Phi) is 3.54. The number of nitrogens with zero attached hydrogens (tertiary/aromatic N) is 2. The summed E-state index contributed by atoms with van der Waals surface area (Å²) in [5, 5.41) is 12.1. The zero-order chi connectivity index (χ0) is 14.0. The van der Waals surface area contributed by atoms with E-state index in [1.54, 1.807) is 0 Å². The van der Waals surface area contributed by atoms with Crippen molar-refractivity contribution in [2.75, 3.05) is 0 Å². The molecule has 19 heavy (non-hydrogen) atoms. The van der Waals surface area contributed by atoms with Crippen LogP contribution in [-0.4, -0.2) is 29.6 Å². The van der Waals surface area contributed by atoms with Crippen LogP contribution >= 0.6 is 11.6 Å². The van der Waals surface area contributed by atoms with Gasteiger partial charge in [-0.3, -0.25) is 0 Å². The molecular weight excluding hydrogens is 296 g/mol. The molecule has 0 aliphatic carbocycles. The second kappa shape index (κ2) is 4.98. The molecule has 0 aliphatic heterocycles. The average Bonchev–Trinajstić information content (AvgIpc) is 2.80. The fraction of sp³-hybridized carbons (Fsp3) is 0.100. The number of rotatable bonds is 4. The fourth-order valence-corrected chi connectivity index (χ4v) is 2.90. The quantitative estimate of drug-likeness (QED) is 0.908. The summed E-state index contributed by atoms with van der Waals surface area (Å²) in [5.74, 6) is -1.67. The Morgan fingerprint density at radius 3 is 2.68 bits per heavy atom. The lowest BCUT2D eigenvalue weighted by Gasteiger charge is -2.04. The summed E-state index contributed by atoms with van der Waals surface area (Å²) in [4.78, 5) is 14.3. The molecule has 9 heteroatoms. The van der Waals surface area contributed by atoms with Crippen molar-refractivity contribution in [2.45, 2.75) is 10.6 Å². The lowest BCUT2D eigenvalue weighted by Crippen LogP contribution is -2.07. The smallest absolute Gasteiger partial charge is 0.337 e. The molecule has 0 fully saturated rings. The van der Waals surface area contributed by atoms with Gasteiger partial charge in [0.2, 0.25) is 6.39 Å². The molecule has 0 amide bonds. The van der Waals surface area contributed by atoms with Crippen molar-refractivity contribution in [3.63, 3.8) is 0 Å². The topological polar surface area (TPSA) is 110 Å². The molecule has 7 nitrogen and oxygen atoms in total. The number of hydrogen-bond donors (Lipinski definition) is 1. The first-order valence-corrected chi connectivity index (χ1v) is 6.94. The minimum Gasteiger partial charge on any atom is -0.478 e. The normalized spacial score (nSPS) is 11.4. The van der Waals surface area contributed by atoms with Crippen molar-refractivity contribution in [2.24, 2.45) is 0 Å². The van der Waals surface area contributed by atoms with Crippen LogP contribution in [0, 0.1) is 0 Å². The van der Waals surface area contributed by atoms with Gasteiger partial charge in [-0.1, -0.05) is 16.8 Å². The third-order valence-electron chi connectivity index (χ3n) is 2.26. The minimum absolute atomic E-state index is 0.0124. The molecule has 1 heterocycles. The molecule has 0 spiro atoms. The summed E-state index contributed by atoms with van der Waals surface area (Å²) in [6.07, 6.45) is 1.02. The number of carbonyl (C=O) groups is 1. The Hall–Kier alpha value is -1.93. The molecular formula is C10H7ClN2O5S. The highest BCUT2D eigenvalue weighted by Gasteiger charge is 2.20. The fourth-order valence-electron chi connectivity index (χ4n) is 1.37. The van der Waals surface area contributed by atoms with Crippen molar-refractivity contribution in [3.05, 3.63) is 41.0 Å². The number of aromatic carboxylic acids is 1. The second-order valence-corrected chi connectivity index (χ2v) is 5.95. The van der Waals surface area contributed by atoms with Gasteiger partial charge in [-0.25, -0.2) is 13.2 Å². The highest BCUT2D eigenvalue weighted by atomic mass is 35.5. The van der Waals surface area contributed by atoms with Crippen LogP contribution in [0.4, 0.5) is 0 Å². The minimum atomic E-state index is -3.71. The molecule has 0 radical (unpaired) electrons. The van der Waals surface area contributed by atoms with Gasteiger partial charge in [-0.2, -0.15) is 4.98 Å². The molecule has 0 unspecified atom stereocenters. The number of aromatic nitrogens is 2. The molecule has 1 aromatic carbocycles. The standard InChI is InChI=1S/C10H7ClN2O5S/c11-8-3-6(1-2-7(8)10(14)15)19(16,17)4-9-12-5-18-13-9/h1-3,5H,4H2,(H,14,15). The van der Waals surface area contributed by atoms with Crippen LogP contribution in [0.5, 0.6) is 0 Å². The van der Waals surface area contributed by atoms with E-state index >= 15 is 0 Å². The lowest BCUT2D eigenvalue weighted by molar-refractivity contribution is 0.0697. The van der Waals surface area contributed by atoms with Crippen LogP contribution in [-0.2, 0) is 15.6 Å². The van der Waals surface area contributed by atoms with Crippen LogP contribution in [0.25, 0.3) is 0 Å². The molecule has 0 saturated carbocycles. The van der Waals surface area contributed by atoms with E-state index in [2.05, 4.69) is 14.7 Å². The molecule has 100 valence electrons. The summed E-state index contributed by atoms with van der Waals surface area (Å²) in [6, 6.07) is 3.39. The average molecular weight is 303 g/mol. The summed E-state index contributed by atoms with van der Waals surface area (Å²) in [6.45, 7) is 0. The van der Waals surface area contributed by atoms with Gasteiger partial charge in [-0.15, -0.1) is 0 Å². The largest absolute Gasteiger partial charge is 0.478 e. The van der Waals surface area contributed by atoms with E-state index in [9.17, 15) is 13.2 Å². The van der Waals surface area contributed by atoms with E-state index in [4.69, 9.17) is 16.7 Å². The van der Waals surface area contributed by atoms with E-state index < -0.39 is 21.6 Å². The van der Waals surface area contributed by atoms with E-state index in [0.717, 1.165) is 18.5 Å². The number of benzene rings is 1. The monoisotopic (exact) mass is 302 g/mol. The molecule has 0 saturated heterocycles. The highest BCUT2D eigenvalue weighted by Crippen LogP contribution is 2.23. The van der Waals surface area contributed by atoms with Gasteiger partial charge >= 0.3 is 5.97 Å². The molecule has 0 bridgehead atoms. The first-order valence-electron chi connectivity index (χ1n) is 4.91. The van der Waals surface area contributed by atoms with Crippen LogP contribution < -0.4 is 0 Å². The predicted molar refractivity (Wildman–Crippen MR) is 63.6 cm³/mol. The molecule has 2 aromatic rings. The SMILES string of the molecule is O=C(O)c1ccc(S(=O)(=O)Cc2ncon2)cc1Cl. The Labute approximate surface area is 112 Å². The Balaban J connectivity index is 2.36. The molecule has 2 rings (SSSR count). The van der Waals surface area contributed by atoms with E-state index in [0.29, 0.717) is 0 Å². The zero-order valence-electron chi connectivity index (χ0n) is 9.28. The number of carboxylic acids is 1. The number of sulfone groups is 1. The Bertz CT molecular complexity index is 712. The summed E-state index contributed by atoms with van der Waals surface area (Å²) >= 11 is 5.72. The van der Waals surface area contributed by atoms with E-state index in [1.165, 1.54) is 6.07 Å². The van der Waals surface area contributed by atoms with Gasteiger partial charge in [0.25, 0.3) is 0 Å². The van der Waals surface area contributed by atoms with Crippen LogP contribution in [0.15, 0.2) is 34.0 Å².